The van der Waals surface area contributed by atoms with Gasteiger partial charge >= 0.3 is 0 Å². The number of nitrogens with zero attached hydrogens (tertiary/aromatic N) is 3. The molecule has 0 radical (unpaired) electrons. The van der Waals surface area contributed by atoms with Crippen LogP contribution in [0.25, 0.3) is 0 Å². The molecule has 2 rings (SSSR count). The summed E-state index contributed by atoms with van der Waals surface area (Å²) in [6.45, 7) is 3.81. The van der Waals surface area contributed by atoms with Crippen molar-refractivity contribution in [2.45, 2.75) is 26.4 Å². The van der Waals surface area contributed by atoms with Crippen LogP contribution in [-0.4, -0.2) is 19.7 Å². The number of aliphatic hydroxyl groups excluding tert-OH is 1. The van der Waals surface area contributed by atoms with Gasteiger partial charge < -0.3 is 5.11 Å². The first-order chi connectivity index (χ1) is 7.16. The van der Waals surface area contributed by atoms with E-state index in [2.05, 4.69) is 14.6 Å². The van der Waals surface area contributed by atoms with Crippen LogP contribution in [-0.2, 0) is 6.42 Å². The molecule has 4 nitrogen and oxygen atoms in total. The molecule has 0 saturated heterocycles. The Morgan fingerprint density at radius 1 is 1.47 bits per heavy atom. The Morgan fingerprint density at radius 3 is 2.80 bits per heavy atom. The smallest absolute Gasteiger partial charge is 0.0980 e. The first kappa shape index (κ1) is 10.7. The highest BCUT2D eigenvalue weighted by Gasteiger charge is 2.16. The molecular weight excluding hydrogens is 230 g/mol. The molecule has 2 heterocycles. The summed E-state index contributed by atoms with van der Waals surface area (Å²) in [6, 6.07) is 0. The van der Waals surface area contributed by atoms with Crippen molar-refractivity contribution >= 4 is 22.9 Å². The van der Waals surface area contributed by atoms with Crippen LogP contribution in [0.1, 0.15) is 27.4 Å². The number of aromatic nitrogens is 3. The average Bonchev–Trinajstić information content (AvgIpc) is 2.75. The second-order valence-corrected chi connectivity index (χ2v) is 5.05. The van der Waals surface area contributed by atoms with Crippen LogP contribution < -0.4 is 0 Å². The van der Waals surface area contributed by atoms with Gasteiger partial charge in [0.05, 0.1) is 21.7 Å². The van der Waals surface area contributed by atoms with Gasteiger partial charge in [-0.1, -0.05) is 4.49 Å². The fourth-order valence-corrected chi connectivity index (χ4v) is 2.74. The van der Waals surface area contributed by atoms with Crippen LogP contribution in [0.15, 0.2) is 5.38 Å². The third-order valence-corrected chi connectivity index (χ3v) is 3.94. The third-order valence-electron chi connectivity index (χ3n) is 2.02. The highest BCUT2D eigenvalue weighted by atomic mass is 32.1. The summed E-state index contributed by atoms with van der Waals surface area (Å²) in [5.74, 6) is 0. The van der Waals surface area contributed by atoms with Crippen LogP contribution in [0.5, 0.6) is 0 Å². The van der Waals surface area contributed by atoms with Crippen LogP contribution in [0, 0.1) is 13.8 Å². The van der Waals surface area contributed by atoms with Gasteiger partial charge in [0.25, 0.3) is 0 Å². The lowest BCUT2D eigenvalue weighted by molar-refractivity contribution is 0.181. The highest BCUT2D eigenvalue weighted by Crippen LogP contribution is 2.24. The van der Waals surface area contributed by atoms with Crippen LogP contribution in [0.4, 0.5) is 0 Å². The van der Waals surface area contributed by atoms with E-state index in [9.17, 15) is 5.11 Å². The summed E-state index contributed by atoms with van der Waals surface area (Å²) in [5, 5.41) is 16.8. The van der Waals surface area contributed by atoms with Crippen LogP contribution >= 0.6 is 22.9 Å². The van der Waals surface area contributed by atoms with Crippen LogP contribution in [0.2, 0.25) is 0 Å². The number of aryl methyl sites for hydroxylation is 2. The monoisotopic (exact) mass is 241 g/mol. The van der Waals surface area contributed by atoms with Gasteiger partial charge in [-0.05, 0) is 25.4 Å². The van der Waals surface area contributed by atoms with Gasteiger partial charge in [0.15, 0.2) is 0 Å². The first-order valence-electron chi connectivity index (χ1n) is 4.54. The summed E-state index contributed by atoms with van der Waals surface area (Å²) in [4.78, 5) is 5.15. The first-order valence-corrected chi connectivity index (χ1v) is 6.20. The summed E-state index contributed by atoms with van der Waals surface area (Å²) in [6.07, 6.45) is 0.0130. The van der Waals surface area contributed by atoms with E-state index in [1.807, 2.05) is 19.2 Å². The molecule has 1 N–H and O–H groups in total. The molecule has 0 spiro atoms. The fraction of sp³-hybridized carbons (Fsp3) is 0.444. The molecule has 6 heteroatoms. The van der Waals surface area contributed by atoms with Crippen molar-refractivity contribution in [3.63, 3.8) is 0 Å². The molecule has 0 amide bonds. The van der Waals surface area contributed by atoms with E-state index in [-0.39, 0.29) is 0 Å². The molecule has 0 aromatic carbocycles. The maximum Gasteiger partial charge on any atom is 0.0980 e. The molecule has 80 valence electrons. The van der Waals surface area contributed by atoms with Gasteiger partial charge in [-0.15, -0.1) is 16.4 Å². The lowest BCUT2D eigenvalue weighted by Crippen LogP contribution is -2.01. The summed E-state index contributed by atoms with van der Waals surface area (Å²) in [7, 11) is 0. The van der Waals surface area contributed by atoms with Crippen molar-refractivity contribution in [3.05, 3.63) is 26.7 Å². The van der Waals surface area contributed by atoms with Crippen molar-refractivity contribution in [1.82, 2.24) is 14.6 Å². The molecule has 1 atom stereocenters. The Bertz CT molecular complexity index is 452. The van der Waals surface area contributed by atoms with Gasteiger partial charge in [-0.25, -0.2) is 4.98 Å². The maximum atomic E-state index is 9.95. The maximum absolute atomic E-state index is 9.95. The number of hydrogen-bond donors (Lipinski definition) is 1. The van der Waals surface area contributed by atoms with Gasteiger partial charge in [0, 0.05) is 17.5 Å². The zero-order valence-corrected chi connectivity index (χ0v) is 10.1. The minimum absolute atomic E-state index is 0.532. The zero-order chi connectivity index (χ0) is 10.8. The van der Waals surface area contributed by atoms with Gasteiger partial charge in [-0.2, -0.15) is 0 Å². The molecule has 0 aliphatic carbocycles. The Balaban J connectivity index is 2.10. The van der Waals surface area contributed by atoms with Crippen molar-refractivity contribution < 1.29 is 5.11 Å². The second kappa shape index (κ2) is 4.34. The summed E-state index contributed by atoms with van der Waals surface area (Å²) in [5.41, 5.74) is 1.81. The van der Waals surface area contributed by atoms with E-state index in [0.717, 1.165) is 21.3 Å². The quantitative estimate of drug-likeness (QED) is 0.891. The lowest BCUT2D eigenvalue weighted by atomic mass is 10.2. The van der Waals surface area contributed by atoms with E-state index in [4.69, 9.17) is 0 Å². The number of hydrogen-bond acceptors (Lipinski definition) is 6. The molecular formula is C9H11N3OS2. The molecule has 0 saturated carbocycles. The minimum atomic E-state index is -0.532. The third kappa shape index (κ3) is 2.39. The van der Waals surface area contributed by atoms with Crippen molar-refractivity contribution in [2.24, 2.45) is 0 Å². The Kier molecular flexibility index (Phi) is 3.08. The molecule has 0 aliphatic rings. The zero-order valence-electron chi connectivity index (χ0n) is 8.47. The SMILES string of the molecule is Cc1csc(CC(O)c2snnc2C)n1. The topological polar surface area (TPSA) is 58.9 Å². The lowest BCUT2D eigenvalue weighted by Gasteiger charge is -2.05. The van der Waals surface area contributed by atoms with E-state index in [1.165, 1.54) is 11.5 Å². The van der Waals surface area contributed by atoms with E-state index >= 15 is 0 Å². The van der Waals surface area contributed by atoms with Gasteiger partial charge in [0.2, 0.25) is 0 Å². The Hall–Kier alpha value is -0.850. The molecule has 0 bridgehead atoms. The molecule has 15 heavy (non-hydrogen) atoms. The Morgan fingerprint density at radius 2 is 2.27 bits per heavy atom. The molecule has 1 unspecified atom stereocenters. The predicted octanol–water partition coefficient (Wildman–Crippen LogP) is 1.89. The summed E-state index contributed by atoms with van der Waals surface area (Å²) >= 11 is 2.82. The highest BCUT2D eigenvalue weighted by molar-refractivity contribution is 7.09. The van der Waals surface area contributed by atoms with E-state index in [1.54, 1.807) is 11.3 Å². The van der Waals surface area contributed by atoms with Gasteiger partial charge in [-0.3, -0.25) is 0 Å². The van der Waals surface area contributed by atoms with Crippen molar-refractivity contribution in [3.8, 4) is 0 Å². The average molecular weight is 241 g/mol. The molecule has 0 fully saturated rings. The van der Waals surface area contributed by atoms with E-state index in [0.29, 0.717) is 6.42 Å². The van der Waals surface area contributed by atoms with Gasteiger partial charge in [0.1, 0.15) is 0 Å². The Labute approximate surface area is 95.8 Å². The standard InChI is InChI=1S/C9H11N3OS2/c1-5-4-14-8(10-5)3-7(13)9-6(2)11-12-15-9/h4,7,13H,3H2,1-2H3. The number of aliphatic hydroxyl groups is 1. The minimum Gasteiger partial charge on any atom is -0.387 e. The van der Waals surface area contributed by atoms with Crippen molar-refractivity contribution in [1.29, 1.82) is 0 Å². The van der Waals surface area contributed by atoms with E-state index < -0.39 is 6.10 Å². The number of rotatable bonds is 3. The summed E-state index contributed by atoms with van der Waals surface area (Å²) < 4.78 is 3.80. The number of thiazole rings is 1. The second-order valence-electron chi connectivity index (χ2n) is 3.33. The van der Waals surface area contributed by atoms with Crippen LogP contribution in [0.3, 0.4) is 0 Å². The molecule has 2 aromatic heterocycles. The normalized spacial score (nSPS) is 13.0. The molecule has 2 aromatic rings. The largest absolute Gasteiger partial charge is 0.387 e. The molecule has 0 aliphatic heterocycles. The fourth-order valence-electron chi connectivity index (χ4n) is 1.30. The predicted molar refractivity (Wildman–Crippen MR) is 60.2 cm³/mol. The van der Waals surface area contributed by atoms with Crippen molar-refractivity contribution in [2.75, 3.05) is 0 Å².